The van der Waals surface area contributed by atoms with Gasteiger partial charge in [0.05, 0.1) is 0 Å². The van der Waals surface area contributed by atoms with Crippen molar-refractivity contribution in [2.75, 3.05) is 0 Å². The zero-order valence-corrected chi connectivity index (χ0v) is 3.57. The molecule has 0 aromatic rings. The van der Waals surface area contributed by atoms with Gasteiger partial charge in [0.2, 0.25) is 0 Å². The molecule has 0 spiro atoms. The largest absolute Gasteiger partial charge is 0.512 e. The van der Waals surface area contributed by atoms with Gasteiger partial charge in [0.15, 0.2) is 12.0 Å². The Hall–Kier alpha value is -0.740. The van der Waals surface area contributed by atoms with Crippen LogP contribution in [0.2, 0.25) is 0 Å². The van der Waals surface area contributed by atoms with Gasteiger partial charge in [0.1, 0.15) is 6.26 Å². The van der Waals surface area contributed by atoms with Gasteiger partial charge in [-0.25, -0.2) is 0 Å². The third-order valence-electron chi connectivity index (χ3n) is 0.435. The summed E-state index contributed by atoms with van der Waals surface area (Å²) < 4.78 is 0. The molecule has 0 aromatic carbocycles. The molecule has 0 heterocycles. The van der Waals surface area contributed by atoms with Crippen LogP contribution in [0.5, 0.6) is 0 Å². The number of rotatable bonds is 1. The smallest absolute Gasteiger partial charge is 0.170 e. The van der Waals surface area contributed by atoms with Crippen molar-refractivity contribution in [2.45, 2.75) is 6.23 Å². The summed E-state index contributed by atoms with van der Waals surface area (Å²) in [5.74, 6) is -0.639. The van der Waals surface area contributed by atoms with Crippen LogP contribution in [-0.2, 0) is 0 Å². The Morgan fingerprint density at radius 3 is 2.14 bits per heavy atom. The monoisotopic (exact) mass is 105 g/mol. The van der Waals surface area contributed by atoms with E-state index >= 15 is 0 Å². The SMILES string of the molecule is NC(O)C(O)=CO. The third kappa shape index (κ3) is 2.02. The summed E-state index contributed by atoms with van der Waals surface area (Å²) in [6.07, 6.45) is -1.13. The van der Waals surface area contributed by atoms with E-state index in [-0.39, 0.29) is 0 Å². The van der Waals surface area contributed by atoms with Crippen molar-refractivity contribution in [3.05, 3.63) is 12.0 Å². The van der Waals surface area contributed by atoms with Crippen molar-refractivity contribution in [2.24, 2.45) is 5.73 Å². The Morgan fingerprint density at radius 1 is 1.71 bits per heavy atom. The summed E-state index contributed by atoms with van der Waals surface area (Å²) in [6, 6.07) is 0. The molecule has 0 aliphatic carbocycles. The van der Waals surface area contributed by atoms with E-state index in [9.17, 15) is 0 Å². The molecule has 42 valence electrons. The highest BCUT2D eigenvalue weighted by Crippen LogP contribution is 1.85. The fourth-order valence-electron chi connectivity index (χ4n) is 0.0764. The Morgan fingerprint density at radius 2 is 2.14 bits per heavy atom. The van der Waals surface area contributed by atoms with E-state index in [1.54, 1.807) is 0 Å². The van der Waals surface area contributed by atoms with Crippen molar-refractivity contribution in [3.63, 3.8) is 0 Å². The molecule has 0 fully saturated rings. The summed E-state index contributed by atoms with van der Waals surface area (Å²) in [6.45, 7) is 0. The summed E-state index contributed by atoms with van der Waals surface area (Å²) in [5.41, 5.74) is 4.62. The van der Waals surface area contributed by atoms with E-state index in [1.807, 2.05) is 0 Å². The Balaban J connectivity index is 3.56. The molecule has 5 N–H and O–H groups in total. The van der Waals surface area contributed by atoms with Crippen molar-refractivity contribution in [1.29, 1.82) is 0 Å². The van der Waals surface area contributed by atoms with Crippen molar-refractivity contribution >= 4 is 0 Å². The Bertz CT molecular complexity index is 78.2. The lowest BCUT2D eigenvalue weighted by molar-refractivity contribution is 0.151. The second kappa shape index (κ2) is 2.44. The van der Waals surface area contributed by atoms with Gasteiger partial charge in [-0.2, -0.15) is 0 Å². The zero-order valence-electron chi connectivity index (χ0n) is 3.57. The van der Waals surface area contributed by atoms with Gasteiger partial charge in [-0.3, -0.25) is 5.73 Å². The second-order valence-electron chi connectivity index (χ2n) is 0.999. The lowest BCUT2D eigenvalue weighted by Gasteiger charge is -1.97. The highest BCUT2D eigenvalue weighted by molar-refractivity contribution is 4.87. The van der Waals surface area contributed by atoms with Crippen LogP contribution in [0.1, 0.15) is 0 Å². The van der Waals surface area contributed by atoms with Gasteiger partial charge in [0.25, 0.3) is 0 Å². The first kappa shape index (κ1) is 6.26. The van der Waals surface area contributed by atoms with E-state index in [4.69, 9.17) is 15.3 Å². The van der Waals surface area contributed by atoms with Crippen LogP contribution in [0.15, 0.2) is 12.0 Å². The van der Waals surface area contributed by atoms with Gasteiger partial charge in [-0.05, 0) is 0 Å². The first-order valence-electron chi connectivity index (χ1n) is 1.65. The van der Waals surface area contributed by atoms with E-state index < -0.39 is 12.0 Å². The Labute approximate surface area is 40.5 Å². The van der Waals surface area contributed by atoms with E-state index in [1.165, 1.54) is 0 Å². The highest BCUT2D eigenvalue weighted by Gasteiger charge is 1.98. The van der Waals surface area contributed by atoms with Crippen LogP contribution in [0.25, 0.3) is 0 Å². The Kier molecular flexibility index (Phi) is 2.18. The molecule has 0 amide bonds. The van der Waals surface area contributed by atoms with Crippen molar-refractivity contribution in [3.8, 4) is 0 Å². The van der Waals surface area contributed by atoms with Crippen LogP contribution in [0.3, 0.4) is 0 Å². The van der Waals surface area contributed by atoms with E-state index in [2.05, 4.69) is 5.73 Å². The van der Waals surface area contributed by atoms with Crippen LogP contribution < -0.4 is 5.73 Å². The summed E-state index contributed by atoms with van der Waals surface area (Å²) in [7, 11) is 0. The molecule has 0 bridgehead atoms. The average Bonchev–Trinajstić information content (AvgIpc) is 1.65. The molecule has 0 rings (SSSR count). The number of nitrogens with two attached hydrogens (primary N) is 1. The maximum Gasteiger partial charge on any atom is 0.170 e. The van der Waals surface area contributed by atoms with Gasteiger partial charge in [0, 0.05) is 0 Å². The highest BCUT2D eigenvalue weighted by atomic mass is 16.3. The molecule has 1 atom stereocenters. The van der Waals surface area contributed by atoms with E-state index in [0.29, 0.717) is 6.26 Å². The summed E-state index contributed by atoms with van der Waals surface area (Å²) in [5, 5.41) is 24.1. The maximum absolute atomic E-state index is 8.17. The minimum Gasteiger partial charge on any atom is -0.512 e. The minimum absolute atomic E-state index is 0.338. The minimum atomic E-state index is -1.47. The van der Waals surface area contributed by atoms with Crippen molar-refractivity contribution in [1.82, 2.24) is 0 Å². The topological polar surface area (TPSA) is 86.7 Å². The maximum atomic E-state index is 8.17. The summed E-state index contributed by atoms with van der Waals surface area (Å²) in [4.78, 5) is 0. The average molecular weight is 105 g/mol. The number of aliphatic hydroxyl groups excluding tert-OH is 3. The normalized spacial score (nSPS) is 16.6. The van der Waals surface area contributed by atoms with Crippen LogP contribution >= 0.6 is 0 Å². The second-order valence-corrected chi connectivity index (χ2v) is 0.999. The zero-order chi connectivity index (χ0) is 5.86. The van der Waals surface area contributed by atoms with Gasteiger partial charge in [-0.15, -0.1) is 0 Å². The van der Waals surface area contributed by atoms with Crippen LogP contribution in [-0.4, -0.2) is 21.5 Å². The first-order valence-corrected chi connectivity index (χ1v) is 1.65. The molecular formula is C3H7NO3. The molecule has 0 radical (unpaired) electrons. The van der Waals surface area contributed by atoms with E-state index in [0.717, 1.165) is 0 Å². The molecule has 4 nitrogen and oxygen atoms in total. The molecule has 1 unspecified atom stereocenters. The van der Waals surface area contributed by atoms with Gasteiger partial charge in [-0.1, -0.05) is 0 Å². The quantitative estimate of drug-likeness (QED) is 0.260. The van der Waals surface area contributed by atoms with Crippen LogP contribution in [0.4, 0.5) is 0 Å². The molecule has 0 saturated heterocycles. The molecule has 0 aliphatic rings. The van der Waals surface area contributed by atoms with Crippen LogP contribution in [0, 0.1) is 0 Å². The predicted octanol–water partition coefficient (Wildman–Crippen LogP) is -0.779. The van der Waals surface area contributed by atoms with Gasteiger partial charge < -0.3 is 15.3 Å². The number of hydrogen-bond donors (Lipinski definition) is 4. The lowest BCUT2D eigenvalue weighted by Crippen LogP contribution is -2.21. The molecule has 0 aliphatic heterocycles. The standard InChI is InChI=1S/C3H7NO3/c4-3(7)2(6)1-5/h1,3,5-7H,4H2. The number of aliphatic hydroxyl groups is 3. The molecule has 7 heavy (non-hydrogen) atoms. The molecule has 0 aromatic heterocycles. The number of hydrogen-bond acceptors (Lipinski definition) is 4. The molecule has 4 heteroatoms. The lowest BCUT2D eigenvalue weighted by atomic mass is 10.5. The molecule has 0 saturated carbocycles. The van der Waals surface area contributed by atoms with Crippen molar-refractivity contribution < 1.29 is 15.3 Å². The predicted molar refractivity (Wildman–Crippen MR) is 23.5 cm³/mol. The first-order chi connectivity index (χ1) is 3.18. The van der Waals surface area contributed by atoms with Gasteiger partial charge >= 0.3 is 0 Å². The summed E-state index contributed by atoms with van der Waals surface area (Å²) >= 11 is 0. The fraction of sp³-hybridized carbons (Fsp3) is 0.333. The molecular weight excluding hydrogens is 98.0 g/mol. The third-order valence-corrected chi connectivity index (χ3v) is 0.435. The fourth-order valence-corrected chi connectivity index (χ4v) is 0.0764.